The van der Waals surface area contributed by atoms with Crippen LogP contribution in [0.2, 0.25) is 0 Å². The summed E-state index contributed by atoms with van der Waals surface area (Å²) in [7, 11) is -3.16. The standard InChI is InChI=1S/C22H24N4O4S3/c1-14-5-6-18-23-19(24-8-3-2-4-9-24)16(20(27)25(18)12-14)11-17-21(28)26(22(31)32-17)15-7-10-33(29,30)13-15/h5-6,11-12,15H,2-4,7-10,13H2,1H3/b17-11+. The Morgan fingerprint density at radius 3 is 2.64 bits per heavy atom. The van der Waals surface area contributed by atoms with E-state index in [1.54, 1.807) is 12.3 Å². The molecule has 3 fully saturated rings. The molecular formula is C22H24N4O4S3. The fourth-order valence-corrected chi connectivity index (χ4v) is 7.71. The van der Waals surface area contributed by atoms with Crippen LogP contribution >= 0.6 is 24.0 Å². The van der Waals surface area contributed by atoms with E-state index in [1.807, 2.05) is 19.1 Å². The smallest absolute Gasteiger partial charge is 0.267 e. The highest BCUT2D eigenvalue weighted by Crippen LogP contribution is 2.37. The van der Waals surface area contributed by atoms with E-state index in [1.165, 1.54) is 9.30 Å². The molecule has 0 spiro atoms. The highest BCUT2D eigenvalue weighted by molar-refractivity contribution is 8.26. The lowest BCUT2D eigenvalue weighted by molar-refractivity contribution is -0.123. The zero-order valence-electron chi connectivity index (χ0n) is 18.2. The number of piperidine rings is 1. The number of aryl methyl sites for hydroxylation is 1. The summed E-state index contributed by atoms with van der Waals surface area (Å²) in [4.78, 5) is 35.4. The molecule has 1 unspecified atom stereocenters. The topological polar surface area (TPSA) is 92.1 Å². The molecule has 2 aromatic rings. The summed E-state index contributed by atoms with van der Waals surface area (Å²) < 4.78 is 25.7. The van der Waals surface area contributed by atoms with Gasteiger partial charge in [-0.05, 0) is 50.3 Å². The van der Waals surface area contributed by atoms with Crippen molar-refractivity contribution in [2.45, 2.75) is 38.6 Å². The molecule has 8 nitrogen and oxygen atoms in total. The predicted octanol–water partition coefficient (Wildman–Crippen LogP) is 2.38. The normalized spacial score (nSPS) is 24.4. The maximum Gasteiger partial charge on any atom is 0.267 e. The number of aromatic nitrogens is 2. The number of amides is 1. The molecule has 0 bridgehead atoms. The van der Waals surface area contributed by atoms with Crippen molar-refractivity contribution in [3.8, 4) is 0 Å². The molecule has 3 aliphatic rings. The number of carbonyl (C=O) groups is 1. The van der Waals surface area contributed by atoms with E-state index in [0.29, 0.717) is 32.7 Å². The quantitative estimate of drug-likeness (QED) is 0.465. The first kappa shape index (κ1) is 22.5. The van der Waals surface area contributed by atoms with E-state index in [-0.39, 0.29) is 23.0 Å². The van der Waals surface area contributed by atoms with Crippen LogP contribution in [0, 0.1) is 6.92 Å². The van der Waals surface area contributed by atoms with Gasteiger partial charge in [-0.15, -0.1) is 0 Å². The summed E-state index contributed by atoms with van der Waals surface area (Å²) in [5.74, 6) is 0.218. The first-order valence-corrected chi connectivity index (χ1v) is 14.0. The molecule has 3 saturated heterocycles. The number of nitrogens with zero attached hydrogens (tertiary/aromatic N) is 4. The highest BCUT2D eigenvalue weighted by Gasteiger charge is 2.42. The third-order valence-corrected chi connectivity index (χ3v) is 9.39. The molecule has 11 heteroatoms. The van der Waals surface area contributed by atoms with Crippen molar-refractivity contribution in [3.63, 3.8) is 0 Å². The monoisotopic (exact) mass is 504 g/mol. The first-order valence-electron chi connectivity index (χ1n) is 11.0. The number of carbonyl (C=O) groups excluding carboxylic acids is 1. The number of fused-ring (bicyclic) bond motifs is 1. The van der Waals surface area contributed by atoms with Gasteiger partial charge in [-0.1, -0.05) is 30.0 Å². The molecule has 5 heterocycles. The van der Waals surface area contributed by atoms with Gasteiger partial charge in [-0.2, -0.15) is 0 Å². The number of rotatable bonds is 3. The molecule has 0 radical (unpaired) electrons. The van der Waals surface area contributed by atoms with Crippen LogP contribution in [0.25, 0.3) is 11.7 Å². The van der Waals surface area contributed by atoms with E-state index in [0.717, 1.165) is 49.7 Å². The second kappa shape index (κ2) is 8.52. The molecule has 0 saturated carbocycles. The molecule has 3 aliphatic heterocycles. The van der Waals surface area contributed by atoms with Crippen molar-refractivity contribution in [1.29, 1.82) is 0 Å². The first-order chi connectivity index (χ1) is 15.7. The van der Waals surface area contributed by atoms with Gasteiger partial charge in [0.05, 0.1) is 28.0 Å². The van der Waals surface area contributed by atoms with Crippen LogP contribution in [0.15, 0.2) is 28.0 Å². The number of pyridine rings is 1. The third kappa shape index (κ3) is 4.22. The maximum atomic E-state index is 13.5. The van der Waals surface area contributed by atoms with Crippen LogP contribution in [0.1, 0.15) is 36.8 Å². The van der Waals surface area contributed by atoms with Crippen molar-refractivity contribution in [3.05, 3.63) is 44.7 Å². The van der Waals surface area contributed by atoms with E-state index in [9.17, 15) is 18.0 Å². The van der Waals surface area contributed by atoms with Gasteiger partial charge in [0.2, 0.25) is 0 Å². The van der Waals surface area contributed by atoms with Gasteiger partial charge >= 0.3 is 0 Å². The zero-order valence-corrected chi connectivity index (χ0v) is 20.6. The van der Waals surface area contributed by atoms with Crippen molar-refractivity contribution in [2.75, 3.05) is 29.5 Å². The lowest BCUT2D eigenvalue weighted by Crippen LogP contribution is -2.39. The molecule has 0 aromatic carbocycles. The molecule has 1 amide bonds. The summed E-state index contributed by atoms with van der Waals surface area (Å²) in [6, 6.07) is 3.30. The summed E-state index contributed by atoms with van der Waals surface area (Å²) in [5, 5.41) is 0. The van der Waals surface area contributed by atoms with E-state index >= 15 is 0 Å². The minimum absolute atomic E-state index is 0.0577. The number of anilines is 1. The molecule has 1 atom stereocenters. The average molecular weight is 505 g/mol. The minimum Gasteiger partial charge on any atom is -0.356 e. The summed E-state index contributed by atoms with van der Waals surface area (Å²) in [5.41, 5.74) is 1.61. The summed E-state index contributed by atoms with van der Waals surface area (Å²) in [6.07, 6.45) is 6.90. The van der Waals surface area contributed by atoms with Crippen LogP contribution in [0.4, 0.5) is 5.82 Å². The van der Waals surface area contributed by atoms with Gasteiger partial charge in [0.25, 0.3) is 11.5 Å². The maximum absolute atomic E-state index is 13.5. The van der Waals surface area contributed by atoms with Gasteiger partial charge in [0.1, 0.15) is 15.8 Å². The second-order valence-electron chi connectivity index (χ2n) is 8.75. The summed E-state index contributed by atoms with van der Waals surface area (Å²) in [6.45, 7) is 3.51. The molecule has 174 valence electrons. The average Bonchev–Trinajstić information content (AvgIpc) is 3.28. The van der Waals surface area contributed by atoms with Crippen molar-refractivity contribution >= 4 is 61.6 Å². The molecular weight excluding hydrogens is 480 g/mol. The van der Waals surface area contributed by atoms with Crippen molar-refractivity contribution < 1.29 is 13.2 Å². The van der Waals surface area contributed by atoms with E-state index in [2.05, 4.69) is 4.90 Å². The number of sulfone groups is 1. The van der Waals surface area contributed by atoms with Crippen molar-refractivity contribution in [2.24, 2.45) is 0 Å². The predicted molar refractivity (Wildman–Crippen MR) is 134 cm³/mol. The second-order valence-corrected chi connectivity index (χ2v) is 12.6. The Labute approximate surface area is 201 Å². The Balaban J connectivity index is 1.60. The number of thioether (sulfide) groups is 1. The minimum atomic E-state index is -3.16. The lowest BCUT2D eigenvalue weighted by Gasteiger charge is -2.29. The van der Waals surface area contributed by atoms with Gasteiger partial charge in [0.15, 0.2) is 9.84 Å². The number of hydrogen-bond acceptors (Lipinski definition) is 8. The Morgan fingerprint density at radius 1 is 1.18 bits per heavy atom. The van der Waals surface area contributed by atoms with Gasteiger partial charge in [-0.25, -0.2) is 13.4 Å². The van der Waals surface area contributed by atoms with Crippen molar-refractivity contribution in [1.82, 2.24) is 14.3 Å². The largest absolute Gasteiger partial charge is 0.356 e. The van der Waals surface area contributed by atoms with Crippen LogP contribution in [-0.2, 0) is 14.6 Å². The van der Waals surface area contributed by atoms with Gasteiger partial charge < -0.3 is 4.90 Å². The van der Waals surface area contributed by atoms with E-state index in [4.69, 9.17) is 17.2 Å². The molecule has 0 N–H and O–H groups in total. The lowest BCUT2D eigenvalue weighted by atomic mass is 10.1. The molecule has 5 rings (SSSR count). The molecule has 0 aliphatic carbocycles. The Hall–Kier alpha value is -2.24. The third-order valence-electron chi connectivity index (χ3n) is 6.31. The van der Waals surface area contributed by atoms with Crippen LogP contribution in [-0.4, -0.2) is 63.6 Å². The van der Waals surface area contributed by atoms with Crippen LogP contribution in [0.3, 0.4) is 0 Å². The molecule has 33 heavy (non-hydrogen) atoms. The Morgan fingerprint density at radius 2 is 1.94 bits per heavy atom. The SMILES string of the molecule is Cc1ccc2nc(N3CCCCC3)c(/C=C3/SC(=S)N(C4CCS(=O)(=O)C4)C3=O)c(=O)n2c1. The van der Waals surface area contributed by atoms with Crippen LogP contribution in [0.5, 0.6) is 0 Å². The highest BCUT2D eigenvalue weighted by atomic mass is 32.2. The number of hydrogen-bond donors (Lipinski definition) is 0. The van der Waals surface area contributed by atoms with Gasteiger partial charge in [-0.3, -0.25) is 18.9 Å². The van der Waals surface area contributed by atoms with E-state index < -0.39 is 15.9 Å². The fraction of sp³-hybridized carbons (Fsp3) is 0.455. The fourth-order valence-electron chi connectivity index (χ4n) is 4.62. The number of thiocarbonyl (C=S) groups is 1. The Kier molecular flexibility index (Phi) is 5.82. The van der Waals surface area contributed by atoms with Crippen LogP contribution < -0.4 is 10.5 Å². The van der Waals surface area contributed by atoms with Gasteiger partial charge in [0, 0.05) is 19.3 Å². The molecule has 2 aromatic heterocycles. The Bertz CT molecular complexity index is 1360. The summed E-state index contributed by atoms with van der Waals surface area (Å²) >= 11 is 6.55. The zero-order chi connectivity index (χ0) is 23.3.